The van der Waals surface area contributed by atoms with Crippen LogP contribution in [0.1, 0.15) is 56.8 Å². The second-order valence-corrected chi connectivity index (χ2v) is 7.36. The number of nitrogens with zero attached hydrogens (tertiary/aromatic N) is 1. The van der Waals surface area contributed by atoms with Crippen molar-refractivity contribution < 1.29 is 13.9 Å². The van der Waals surface area contributed by atoms with Gasteiger partial charge in [-0.25, -0.2) is 4.39 Å². The number of hydrogen-bond acceptors (Lipinski definition) is 3. The van der Waals surface area contributed by atoms with Gasteiger partial charge in [0, 0.05) is 6.04 Å². The fourth-order valence-electron chi connectivity index (χ4n) is 3.88. The maximum Gasteiger partial charge on any atom is 0.237 e. The summed E-state index contributed by atoms with van der Waals surface area (Å²) >= 11 is 0. The van der Waals surface area contributed by atoms with Crippen molar-refractivity contribution >= 4 is 5.91 Å². The van der Waals surface area contributed by atoms with Crippen LogP contribution >= 0.6 is 0 Å². The van der Waals surface area contributed by atoms with E-state index in [2.05, 4.69) is 22.3 Å². The van der Waals surface area contributed by atoms with Crippen LogP contribution in [0.2, 0.25) is 0 Å². The molecule has 1 aliphatic heterocycles. The molecule has 1 heterocycles. The zero-order chi connectivity index (χ0) is 20.1. The highest BCUT2D eigenvalue weighted by Gasteiger charge is 2.33. The van der Waals surface area contributed by atoms with Crippen molar-refractivity contribution in [1.29, 1.82) is 0 Å². The smallest absolute Gasteiger partial charge is 0.237 e. The van der Waals surface area contributed by atoms with Gasteiger partial charge in [0.05, 0.1) is 18.7 Å². The first kappa shape index (κ1) is 20.3. The minimum Gasteiger partial charge on any atom is -0.494 e. The van der Waals surface area contributed by atoms with E-state index in [4.69, 9.17) is 4.74 Å². The first-order chi connectivity index (χ1) is 13.5. The molecule has 0 radical (unpaired) electrons. The van der Waals surface area contributed by atoms with E-state index in [0.29, 0.717) is 6.61 Å². The molecule has 2 aromatic carbocycles. The fourth-order valence-corrected chi connectivity index (χ4v) is 3.88. The van der Waals surface area contributed by atoms with Crippen LogP contribution < -0.4 is 10.1 Å². The number of amides is 1. The Hall–Kier alpha value is -2.40. The van der Waals surface area contributed by atoms with E-state index >= 15 is 0 Å². The van der Waals surface area contributed by atoms with Crippen molar-refractivity contribution in [2.75, 3.05) is 13.2 Å². The lowest BCUT2D eigenvalue weighted by Crippen LogP contribution is -2.45. The number of carbonyl (C=O) groups is 1. The van der Waals surface area contributed by atoms with Crippen molar-refractivity contribution in [3.05, 3.63) is 65.5 Å². The third-order valence-corrected chi connectivity index (χ3v) is 5.48. The van der Waals surface area contributed by atoms with E-state index in [1.54, 1.807) is 12.1 Å². The van der Waals surface area contributed by atoms with E-state index in [1.807, 2.05) is 32.9 Å². The van der Waals surface area contributed by atoms with Gasteiger partial charge in [-0.3, -0.25) is 9.69 Å². The standard InChI is InChI=1S/C23H29FN2O2/c1-4-28-21-13-9-19(10-14-21)22-6-5-15-26(22)17(3)23(27)25-16(2)18-7-11-20(24)12-8-18/h7-14,16-17,22H,4-6,15H2,1-3H3,(H,25,27)/t16-,17+,22+/m1/s1. The van der Waals surface area contributed by atoms with Gasteiger partial charge in [0.1, 0.15) is 11.6 Å². The first-order valence-corrected chi connectivity index (χ1v) is 10.0. The molecule has 4 nitrogen and oxygen atoms in total. The molecule has 1 fully saturated rings. The Morgan fingerprint density at radius 3 is 2.50 bits per heavy atom. The number of likely N-dealkylation sites (tertiary alicyclic amines) is 1. The summed E-state index contributed by atoms with van der Waals surface area (Å²) in [5.74, 6) is 0.593. The average Bonchev–Trinajstić information content (AvgIpc) is 3.18. The predicted octanol–water partition coefficient (Wildman–Crippen LogP) is 4.63. The molecule has 28 heavy (non-hydrogen) atoms. The van der Waals surface area contributed by atoms with Crippen LogP contribution in [0.25, 0.3) is 0 Å². The van der Waals surface area contributed by atoms with Crippen LogP contribution in [0, 0.1) is 5.82 Å². The number of nitrogens with one attached hydrogen (secondary N) is 1. The predicted molar refractivity (Wildman–Crippen MR) is 109 cm³/mol. The summed E-state index contributed by atoms with van der Waals surface area (Å²) in [6.07, 6.45) is 2.11. The summed E-state index contributed by atoms with van der Waals surface area (Å²) < 4.78 is 18.6. The Kier molecular flexibility index (Phi) is 6.68. The van der Waals surface area contributed by atoms with Gasteiger partial charge in [-0.1, -0.05) is 24.3 Å². The van der Waals surface area contributed by atoms with Gasteiger partial charge < -0.3 is 10.1 Å². The summed E-state index contributed by atoms with van der Waals surface area (Å²) in [7, 11) is 0. The van der Waals surface area contributed by atoms with E-state index in [1.165, 1.54) is 17.7 Å². The largest absolute Gasteiger partial charge is 0.494 e. The lowest BCUT2D eigenvalue weighted by molar-refractivity contribution is -0.126. The van der Waals surface area contributed by atoms with E-state index < -0.39 is 0 Å². The van der Waals surface area contributed by atoms with Gasteiger partial charge in [0.15, 0.2) is 0 Å². The van der Waals surface area contributed by atoms with E-state index in [-0.39, 0.29) is 29.8 Å². The van der Waals surface area contributed by atoms with E-state index in [0.717, 1.165) is 30.7 Å². The number of hydrogen-bond donors (Lipinski definition) is 1. The van der Waals surface area contributed by atoms with Crippen LogP contribution in [0.4, 0.5) is 4.39 Å². The Labute approximate surface area is 166 Å². The summed E-state index contributed by atoms with van der Waals surface area (Å²) in [5.41, 5.74) is 2.11. The van der Waals surface area contributed by atoms with Gasteiger partial charge in [-0.15, -0.1) is 0 Å². The van der Waals surface area contributed by atoms with Crippen molar-refractivity contribution in [1.82, 2.24) is 10.2 Å². The number of ether oxygens (including phenoxy) is 1. The number of halogens is 1. The molecule has 1 amide bonds. The lowest BCUT2D eigenvalue weighted by Gasteiger charge is -2.31. The van der Waals surface area contributed by atoms with Crippen molar-refractivity contribution in [3.8, 4) is 5.75 Å². The average molecular weight is 384 g/mol. The highest BCUT2D eigenvalue weighted by Crippen LogP contribution is 2.34. The molecule has 150 valence electrons. The quantitative estimate of drug-likeness (QED) is 0.757. The Bertz CT molecular complexity index is 776. The fraction of sp³-hybridized carbons (Fsp3) is 0.435. The molecule has 3 atom stereocenters. The maximum atomic E-state index is 13.1. The van der Waals surface area contributed by atoms with Crippen LogP contribution in [0.15, 0.2) is 48.5 Å². The van der Waals surface area contributed by atoms with Gasteiger partial charge in [-0.05, 0) is 75.5 Å². The minimum atomic E-state index is -0.272. The highest BCUT2D eigenvalue weighted by molar-refractivity contribution is 5.81. The molecule has 5 heteroatoms. The molecule has 0 saturated carbocycles. The third kappa shape index (κ3) is 4.71. The van der Waals surface area contributed by atoms with Crippen LogP contribution in [0.3, 0.4) is 0 Å². The zero-order valence-corrected chi connectivity index (χ0v) is 16.8. The van der Waals surface area contributed by atoms with Crippen molar-refractivity contribution in [3.63, 3.8) is 0 Å². The molecule has 1 N–H and O–H groups in total. The van der Waals surface area contributed by atoms with Gasteiger partial charge in [0.2, 0.25) is 5.91 Å². The van der Waals surface area contributed by atoms with Crippen LogP contribution in [-0.4, -0.2) is 30.0 Å². The molecule has 1 saturated heterocycles. The molecule has 0 unspecified atom stereocenters. The molecule has 0 spiro atoms. The van der Waals surface area contributed by atoms with Crippen molar-refractivity contribution in [2.45, 2.75) is 51.7 Å². The Morgan fingerprint density at radius 1 is 1.18 bits per heavy atom. The summed E-state index contributed by atoms with van der Waals surface area (Å²) in [4.78, 5) is 15.1. The molecular weight excluding hydrogens is 355 g/mol. The zero-order valence-electron chi connectivity index (χ0n) is 16.8. The maximum absolute atomic E-state index is 13.1. The number of carbonyl (C=O) groups excluding carboxylic acids is 1. The van der Waals surface area contributed by atoms with Crippen LogP contribution in [0.5, 0.6) is 5.75 Å². The SMILES string of the molecule is CCOc1ccc([C@@H]2CCCN2[C@@H](C)C(=O)N[C@H](C)c2ccc(F)cc2)cc1. The number of benzene rings is 2. The molecule has 1 aliphatic rings. The minimum absolute atomic E-state index is 0.00494. The van der Waals surface area contributed by atoms with Gasteiger partial charge >= 0.3 is 0 Å². The van der Waals surface area contributed by atoms with Gasteiger partial charge in [0.25, 0.3) is 0 Å². The third-order valence-electron chi connectivity index (χ3n) is 5.48. The first-order valence-electron chi connectivity index (χ1n) is 10.0. The second-order valence-electron chi connectivity index (χ2n) is 7.36. The summed E-state index contributed by atoms with van der Waals surface area (Å²) in [6, 6.07) is 14.3. The molecule has 3 rings (SSSR count). The molecule has 0 aliphatic carbocycles. The molecule has 0 aromatic heterocycles. The van der Waals surface area contributed by atoms with E-state index in [9.17, 15) is 9.18 Å². The Balaban J connectivity index is 1.65. The summed E-state index contributed by atoms with van der Waals surface area (Å²) in [5, 5.41) is 3.07. The summed E-state index contributed by atoms with van der Waals surface area (Å²) in [6.45, 7) is 7.40. The number of rotatable bonds is 7. The second kappa shape index (κ2) is 9.20. The van der Waals surface area contributed by atoms with Crippen LogP contribution in [-0.2, 0) is 4.79 Å². The molecular formula is C23H29FN2O2. The molecule has 2 aromatic rings. The Morgan fingerprint density at radius 2 is 1.86 bits per heavy atom. The normalized spacial score (nSPS) is 19.2. The van der Waals surface area contributed by atoms with Crippen molar-refractivity contribution in [2.24, 2.45) is 0 Å². The van der Waals surface area contributed by atoms with Gasteiger partial charge in [-0.2, -0.15) is 0 Å². The monoisotopic (exact) mass is 384 g/mol. The topological polar surface area (TPSA) is 41.6 Å². The lowest BCUT2D eigenvalue weighted by atomic mass is 10.0. The molecule has 0 bridgehead atoms. The highest BCUT2D eigenvalue weighted by atomic mass is 19.1.